The normalized spacial score (nSPS) is 11.0. The number of hydrogen-bond acceptors (Lipinski definition) is 5. The van der Waals surface area contributed by atoms with Gasteiger partial charge in [0, 0.05) is 5.56 Å². The van der Waals surface area contributed by atoms with E-state index < -0.39 is 0 Å². The van der Waals surface area contributed by atoms with Crippen molar-refractivity contribution in [2.75, 3.05) is 5.32 Å². The average molecular weight is 409 g/mol. The highest BCUT2D eigenvalue weighted by atomic mass is 32.1. The number of hydrogen-bond donors (Lipinski definition) is 1. The fourth-order valence-electron chi connectivity index (χ4n) is 2.84. The van der Waals surface area contributed by atoms with Crippen LogP contribution in [0.5, 0.6) is 5.75 Å². The zero-order valence-electron chi connectivity index (χ0n) is 15.9. The SMILES string of the molecule is Cc1ccc(C)c(OCc2csc(C(=O)Nc3nc4ccc(C)cc4s3)c2)c1. The van der Waals surface area contributed by atoms with E-state index in [1.807, 2.05) is 50.4 Å². The highest BCUT2D eigenvalue weighted by Gasteiger charge is 2.13. The third kappa shape index (κ3) is 4.08. The van der Waals surface area contributed by atoms with Crippen LogP contribution in [0.4, 0.5) is 5.13 Å². The molecule has 0 bridgehead atoms. The number of nitrogens with one attached hydrogen (secondary N) is 1. The Labute approximate surface area is 171 Å². The molecule has 2 aromatic carbocycles. The lowest BCUT2D eigenvalue weighted by atomic mass is 10.1. The van der Waals surface area contributed by atoms with E-state index in [1.165, 1.54) is 28.2 Å². The Bertz CT molecular complexity index is 1160. The van der Waals surface area contributed by atoms with Crippen molar-refractivity contribution in [1.29, 1.82) is 0 Å². The zero-order valence-corrected chi connectivity index (χ0v) is 17.5. The monoisotopic (exact) mass is 408 g/mol. The van der Waals surface area contributed by atoms with Crippen molar-refractivity contribution in [2.45, 2.75) is 27.4 Å². The molecule has 0 spiro atoms. The summed E-state index contributed by atoms with van der Waals surface area (Å²) in [5.41, 5.74) is 5.33. The molecule has 4 rings (SSSR count). The summed E-state index contributed by atoms with van der Waals surface area (Å²) in [6.07, 6.45) is 0. The largest absolute Gasteiger partial charge is 0.489 e. The Morgan fingerprint density at radius 3 is 2.71 bits per heavy atom. The van der Waals surface area contributed by atoms with Gasteiger partial charge in [0.1, 0.15) is 12.4 Å². The van der Waals surface area contributed by atoms with Crippen molar-refractivity contribution in [3.05, 3.63) is 75.0 Å². The molecule has 0 radical (unpaired) electrons. The molecule has 0 aliphatic carbocycles. The van der Waals surface area contributed by atoms with Gasteiger partial charge in [0.05, 0.1) is 15.1 Å². The van der Waals surface area contributed by atoms with E-state index in [4.69, 9.17) is 4.74 Å². The molecule has 1 N–H and O–H groups in total. The topological polar surface area (TPSA) is 51.2 Å². The van der Waals surface area contributed by atoms with Gasteiger partial charge >= 0.3 is 0 Å². The summed E-state index contributed by atoms with van der Waals surface area (Å²) in [5.74, 6) is 0.737. The van der Waals surface area contributed by atoms with Gasteiger partial charge in [0.15, 0.2) is 5.13 Å². The Morgan fingerprint density at radius 2 is 1.86 bits per heavy atom. The minimum absolute atomic E-state index is 0.140. The van der Waals surface area contributed by atoms with Gasteiger partial charge in [-0.1, -0.05) is 29.5 Å². The second-order valence-corrected chi connectivity index (χ2v) is 8.76. The third-order valence-electron chi connectivity index (χ3n) is 4.38. The van der Waals surface area contributed by atoms with Gasteiger partial charge in [-0.3, -0.25) is 10.1 Å². The smallest absolute Gasteiger partial charge is 0.267 e. The van der Waals surface area contributed by atoms with Crippen LogP contribution in [0.3, 0.4) is 0 Å². The number of fused-ring (bicyclic) bond motifs is 1. The predicted molar refractivity (Wildman–Crippen MR) is 117 cm³/mol. The zero-order chi connectivity index (χ0) is 19.7. The first kappa shape index (κ1) is 18.7. The van der Waals surface area contributed by atoms with E-state index in [0.717, 1.165) is 32.7 Å². The van der Waals surface area contributed by atoms with Gasteiger partial charge in [-0.25, -0.2) is 4.98 Å². The number of anilines is 1. The van der Waals surface area contributed by atoms with Crippen LogP contribution in [0, 0.1) is 20.8 Å². The molecule has 142 valence electrons. The van der Waals surface area contributed by atoms with Crippen LogP contribution in [-0.2, 0) is 6.61 Å². The predicted octanol–water partition coefficient (Wildman–Crippen LogP) is 6.11. The summed E-state index contributed by atoms with van der Waals surface area (Å²) in [4.78, 5) is 17.7. The van der Waals surface area contributed by atoms with Crippen LogP contribution >= 0.6 is 22.7 Å². The van der Waals surface area contributed by atoms with Crippen LogP contribution < -0.4 is 10.1 Å². The van der Waals surface area contributed by atoms with Crippen LogP contribution in [0.15, 0.2) is 47.8 Å². The number of amides is 1. The number of nitrogens with zero attached hydrogens (tertiary/aromatic N) is 1. The fourth-order valence-corrected chi connectivity index (χ4v) is 4.59. The number of benzene rings is 2. The summed E-state index contributed by atoms with van der Waals surface area (Å²) in [6.45, 7) is 6.56. The lowest BCUT2D eigenvalue weighted by molar-refractivity contribution is 0.103. The van der Waals surface area contributed by atoms with E-state index >= 15 is 0 Å². The Kier molecular flexibility index (Phi) is 5.15. The van der Waals surface area contributed by atoms with Crippen LogP contribution in [0.1, 0.15) is 31.9 Å². The average Bonchev–Trinajstić information content (AvgIpc) is 3.28. The van der Waals surface area contributed by atoms with Crippen LogP contribution in [0.2, 0.25) is 0 Å². The van der Waals surface area contributed by atoms with E-state index in [1.54, 1.807) is 0 Å². The molecule has 2 heterocycles. The van der Waals surface area contributed by atoms with Crippen molar-refractivity contribution >= 4 is 43.9 Å². The Hall–Kier alpha value is -2.70. The number of carbonyl (C=O) groups is 1. The first-order valence-corrected chi connectivity index (χ1v) is 10.6. The highest BCUT2D eigenvalue weighted by Crippen LogP contribution is 2.28. The third-order valence-corrected chi connectivity index (χ3v) is 6.29. The molecule has 4 aromatic rings. The summed E-state index contributed by atoms with van der Waals surface area (Å²) < 4.78 is 7.00. The Morgan fingerprint density at radius 1 is 1.07 bits per heavy atom. The van der Waals surface area contributed by atoms with Gasteiger partial charge in [0.25, 0.3) is 5.91 Å². The minimum atomic E-state index is -0.140. The molecule has 0 unspecified atom stereocenters. The molecule has 4 nitrogen and oxygen atoms in total. The second-order valence-electron chi connectivity index (χ2n) is 6.82. The number of rotatable bonds is 5. The number of carbonyl (C=O) groups excluding carboxylic acids is 1. The van der Waals surface area contributed by atoms with Gasteiger partial charge in [-0.2, -0.15) is 0 Å². The summed E-state index contributed by atoms with van der Waals surface area (Å²) in [6, 6.07) is 14.1. The number of thiazole rings is 1. The molecule has 0 atom stereocenters. The molecule has 1 amide bonds. The molecule has 0 saturated heterocycles. The molecule has 28 heavy (non-hydrogen) atoms. The summed E-state index contributed by atoms with van der Waals surface area (Å²) >= 11 is 2.90. The van der Waals surface area contributed by atoms with Crippen LogP contribution in [-0.4, -0.2) is 10.9 Å². The number of aromatic nitrogens is 1. The maximum atomic E-state index is 12.6. The number of ether oxygens (including phenoxy) is 1. The second kappa shape index (κ2) is 7.73. The van der Waals surface area contributed by atoms with Crippen molar-refractivity contribution in [2.24, 2.45) is 0 Å². The van der Waals surface area contributed by atoms with Crippen molar-refractivity contribution in [1.82, 2.24) is 4.98 Å². The lowest BCUT2D eigenvalue weighted by Gasteiger charge is -2.08. The molecule has 2 aromatic heterocycles. The quantitative estimate of drug-likeness (QED) is 0.433. The molecule has 0 aliphatic rings. The van der Waals surface area contributed by atoms with E-state index in [2.05, 4.69) is 28.5 Å². The van der Waals surface area contributed by atoms with Crippen molar-refractivity contribution in [3.63, 3.8) is 0 Å². The molecule has 6 heteroatoms. The standard InChI is InChI=1S/C22H20N2O2S2/c1-13-4-6-15(3)18(8-13)26-11-16-10-20(27-12-16)21(25)24-22-23-17-7-5-14(2)9-19(17)28-22/h4-10,12H,11H2,1-3H3,(H,23,24,25). The molecular weight excluding hydrogens is 388 g/mol. The first-order chi connectivity index (χ1) is 13.5. The molecule has 0 fully saturated rings. The molecule has 0 aliphatic heterocycles. The van der Waals surface area contributed by atoms with E-state index in [0.29, 0.717) is 16.6 Å². The Balaban J connectivity index is 1.42. The fraction of sp³-hybridized carbons (Fsp3) is 0.182. The van der Waals surface area contributed by atoms with Crippen molar-refractivity contribution in [3.8, 4) is 5.75 Å². The lowest BCUT2D eigenvalue weighted by Crippen LogP contribution is -2.09. The van der Waals surface area contributed by atoms with Gasteiger partial charge < -0.3 is 4.74 Å². The highest BCUT2D eigenvalue weighted by molar-refractivity contribution is 7.22. The number of thiophene rings is 1. The van der Waals surface area contributed by atoms with Crippen LogP contribution in [0.25, 0.3) is 10.2 Å². The number of aryl methyl sites for hydroxylation is 3. The summed E-state index contributed by atoms with van der Waals surface area (Å²) in [7, 11) is 0. The van der Waals surface area contributed by atoms with Crippen molar-refractivity contribution < 1.29 is 9.53 Å². The summed E-state index contributed by atoms with van der Waals surface area (Å²) in [5, 5.41) is 5.49. The molecular formula is C22H20N2O2S2. The van der Waals surface area contributed by atoms with E-state index in [-0.39, 0.29) is 5.91 Å². The van der Waals surface area contributed by atoms with E-state index in [9.17, 15) is 4.79 Å². The maximum Gasteiger partial charge on any atom is 0.267 e. The van der Waals surface area contributed by atoms with Gasteiger partial charge in [-0.05, 0) is 67.1 Å². The first-order valence-electron chi connectivity index (χ1n) is 8.94. The maximum absolute atomic E-state index is 12.6. The minimum Gasteiger partial charge on any atom is -0.489 e. The van der Waals surface area contributed by atoms with Gasteiger partial charge in [-0.15, -0.1) is 11.3 Å². The molecule has 0 saturated carbocycles. The van der Waals surface area contributed by atoms with Gasteiger partial charge in [0.2, 0.25) is 0 Å².